The van der Waals surface area contributed by atoms with Crippen molar-refractivity contribution in [3.63, 3.8) is 0 Å². The molecule has 3 rings (SSSR count). The topological polar surface area (TPSA) is 40.8 Å². The van der Waals surface area contributed by atoms with Crippen molar-refractivity contribution in [1.82, 2.24) is 14.5 Å². The Morgan fingerprint density at radius 1 is 1.23 bits per heavy atom. The summed E-state index contributed by atoms with van der Waals surface area (Å²) in [6, 6.07) is 11.6. The summed E-state index contributed by atoms with van der Waals surface area (Å²) in [4.78, 5) is 15.1. The molecule has 1 amide bonds. The smallest absolute Gasteiger partial charge is 0.257 e. The van der Waals surface area contributed by atoms with Gasteiger partial charge in [0.2, 0.25) is 0 Å². The molecule has 138 valence electrons. The van der Waals surface area contributed by atoms with Crippen LogP contribution >= 0.6 is 11.6 Å². The number of nitrogens with zero attached hydrogens (tertiary/aromatic N) is 4. The SMILES string of the molecule is CCN(CC)CC(=O)N1N=C(c2ccccc2Cl)CC1c1cccn1C. The van der Waals surface area contributed by atoms with Crippen molar-refractivity contribution in [1.29, 1.82) is 0 Å². The van der Waals surface area contributed by atoms with Crippen LogP contribution in [0.15, 0.2) is 47.7 Å². The lowest BCUT2D eigenvalue weighted by Crippen LogP contribution is -2.38. The molecule has 2 heterocycles. The van der Waals surface area contributed by atoms with E-state index >= 15 is 0 Å². The van der Waals surface area contributed by atoms with E-state index in [-0.39, 0.29) is 11.9 Å². The van der Waals surface area contributed by atoms with Gasteiger partial charge in [0.1, 0.15) is 6.04 Å². The van der Waals surface area contributed by atoms with Gasteiger partial charge in [-0.1, -0.05) is 43.6 Å². The Morgan fingerprint density at radius 2 is 1.96 bits per heavy atom. The van der Waals surface area contributed by atoms with Gasteiger partial charge in [-0.05, 0) is 31.3 Å². The van der Waals surface area contributed by atoms with Crippen LogP contribution in [-0.4, -0.2) is 45.7 Å². The van der Waals surface area contributed by atoms with Gasteiger partial charge >= 0.3 is 0 Å². The van der Waals surface area contributed by atoms with Crippen molar-refractivity contribution in [3.05, 3.63) is 58.9 Å². The first kappa shape index (κ1) is 18.7. The van der Waals surface area contributed by atoms with Crippen LogP contribution < -0.4 is 0 Å². The number of aromatic nitrogens is 1. The second-order valence-corrected chi connectivity index (χ2v) is 6.90. The minimum absolute atomic E-state index is 0.0157. The highest BCUT2D eigenvalue weighted by Crippen LogP contribution is 2.34. The highest BCUT2D eigenvalue weighted by molar-refractivity contribution is 6.34. The third-order valence-electron chi connectivity index (χ3n) is 4.93. The highest BCUT2D eigenvalue weighted by atomic mass is 35.5. The predicted octanol–water partition coefficient (Wildman–Crippen LogP) is 3.70. The zero-order valence-electron chi connectivity index (χ0n) is 15.5. The molecule has 1 unspecified atom stereocenters. The molecule has 0 saturated carbocycles. The average Bonchev–Trinajstić information content (AvgIpc) is 3.26. The normalized spacial score (nSPS) is 17.0. The monoisotopic (exact) mass is 372 g/mol. The molecule has 0 fully saturated rings. The van der Waals surface area contributed by atoms with Crippen LogP contribution in [0.3, 0.4) is 0 Å². The Labute approximate surface area is 159 Å². The average molecular weight is 373 g/mol. The molecule has 0 N–H and O–H groups in total. The summed E-state index contributed by atoms with van der Waals surface area (Å²) in [6.45, 7) is 6.17. The number of halogens is 1. The maximum Gasteiger partial charge on any atom is 0.257 e. The number of aryl methyl sites for hydroxylation is 1. The van der Waals surface area contributed by atoms with E-state index in [1.807, 2.05) is 54.2 Å². The van der Waals surface area contributed by atoms with Crippen LogP contribution in [0.25, 0.3) is 0 Å². The molecule has 0 aliphatic carbocycles. The van der Waals surface area contributed by atoms with Gasteiger partial charge in [-0.3, -0.25) is 9.69 Å². The Bertz CT molecular complexity index is 810. The Hall–Kier alpha value is -2.11. The van der Waals surface area contributed by atoms with E-state index in [9.17, 15) is 4.79 Å². The van der Waals surface area contributed by atoms with E-state index in [1.165, 1.54) is 0 Å². The van der Waals surface area contributed by atoms with E-state index in [2.05, 4.69) is 18.7 Å². The van der Waals surface area contributed by atoms with Crippen LogP contribution in [0.2, 0.25) is 5.02 Å². The second kappa shape index (κ2) is 8.06. The summed E-state index contributed by atoms with van der Waals surface area (Å²) in [7, 11) is 2.00. The molecular weight excluding hydrogens is 348 g/mol. The van der Waals surface area contributed by atoms with Gasteiger partial charge in [0, 0.05) is 35.9 Å². The number of hydrazone groups is 1. The van der Waals surface area contributed by atoms with Crippen molar-refractivity contribution >= 4 is 23.2 Å². The van der Waals surface area contributed by atoms with Crippen LogP contribution in [0, 0.1) is 0 Å². The summed E-state index contributed by atoms with van der Waals surface area (Å²) >= 11 is 6.37. The third kappa shape index (κ3) is 3.69. The highest BCUT2D eigenvalue weighted by Gasteiger charge is 2.35. The third-order valence-corrected chi connectivity index (χ3v) is 5.26. The van der Waals surface area contributed by atoms with Crippen molar-refractivity contribution < 1.29 is 4.79 Å². The molecule has 5 nitrogen and oxygen atoms in total. The Balaban J connectivity index is 1.94. The van der Waals surface area contributed by atoms with Crippen molar-refractivity contribution in [2.75, 3.05) is 19.6 Å². The number of carbonyl (C=O) groups is 1. The first-order valence-corrected chi connectivity index (χ1v) is 9.41. The lowest BCUT2D eigenvalue weighted by Gasteiger charge is -2.25. The van der Waals surface area contributed by atoms with E-state index in [0.717, 1.165) is 30.1 Å². The fraction of sp³-hybridized carbons (Fsp3) is 0.400. The minimum atomic E-state index is -0.107. The quantitative estimate of drug-likeness (QED) is 0.775. The van der Waals surface area contributed by atoms with Gasteiger partial charge in [-0.25, -0.2) is 5.01 Å². The number of hydrogen-bond donors (Lipinski definition) is 0. The first-order chi connectivity index (χ1) is 12.5. The zero-order valence-corrected chi connectivity index (χ0v) is 16.3. The van der Waals surface area contributed by atoms with E-state index < -0.39 is 0 Å². The number of amides is 1. The molecule has 26 heavy (non-hydrogen) atoms. The first-order valence-electron chi connectivity index (χ1n) is 9.03. The standard InChI is InChI=1S/C20H25ClN4O/c1-4-24(5-2)14-20(26)25-19(18-11-8-12-23(18)3)13-17(22-25)15-9-6-7-10-16(15)21/h6-12,19H,4-5,13-14H2,1-3H3. The largest absolute Gasteiger partial charge is 0.353 e. The Kier molecular flexibility index (Phi) is 5.79. The van der Waals surface area contributed by atoms with E-state index in [0.29, 0.717) is 18.0 Å². The summed E-state index contributed by atoms with van der Waals surface area (Å²) in [6.07, 6.45) is 2.65. The summed E-state index contributed by atoms with van der Waals surface area (Å²) in [5, 5.41) is 7.00. The molecule has 1 aliphatic heterocycles. The van der Waals surface area contributed by atoms with Crippen molar-refractivity contribution in [2.24, 2.45) is 12.1 Å². The van der Waals surface area contributed by atoms with Crippen LogP contribution in [0.4, 0.5) is 0 Å². The number of likely N-dealkylation sites (N-methyl/N-ethyl adjacent to an activating group) is 1. The van der Waals surface area contributed by atoms with Gasteiger partial charge in [0.05, 0.1) is 12.3 Å². The Morgan fingerprint density at radius 3 is 2.58 bits per heavy atom. The van der Waals surface area contributed by atoms with E-state index in [1.54, 1.807) is 5.01 Å². The number of rotatable bonds is 6. The maximum absolute atomic E-state index is 13.0. The molecule has 2 aromatic rings. The van der Waals surface area contributed by atoms with Crippen LogP contribution in [-0.2, 0) is 11.8 Å². The molecule has 1 aromatic carbocycles. The molecule has 0 spiro atoms. The lowest BCUT2D eigenvalue weighted by atomic mass is 10.0. The van der Waals surface area contributed by atoms with Crippen LogP contribution in [0.1, 0.15) is 37.6 Å². The van der Waals surface area contributed by atoms with Gasteiger partial charge in [0.15, 0.2) is 0 Å². The second-order valence-electron chi connectivity index (χ2n) is 6.49. The molecule has 1 aromatic heterocycles. The van der Waals surface area contributed by atoms with Crippen molar-refractivity contribution in [2.45, 2.75) is 26.3 Å². The predicted molar refractivity (Wildman–Crippen MR) is 105 cm³/mol. The summed E-state index contributed by atoms with van der Waals surface area (Å²) in [5.41, 5.74) is 2.82. The maximum atomic E-state index is 13.0. The molecule has 1 atom stereocenters. The van der Waals surface area contributed by atoms with Gasteiger partial charge in [-0.15, -0.1) is 0 Å². The van der Waals surface area contributed by atoms with Crippen LogP contribution in [0.5, 0.6) is 0 Å². The molecular formula is C20H25ClN4O. The number of benzene rings is 1. The number of carbonyl (C=O) groups excluding carboxylic acids is 1. The lowest BCUT2D eigenvalue weighted by molar-refractivity contribution is -0.134. The molecule has 0 bridgehead atoms. The fourth-order valence-electron chi connectivity index (χ4n) is 3.36. The molecule has 1 aliphatic rings. The van der Waals surface area contributed by atoms with Gasteiger partial charge < -0.3 is 4.57 Å². The van der Waals surface area contributed by atoms with Gasteiger partial charge in [0.25, 0.3) is 5.91 Å². The fourth-order valence-corrected chi connectivity index (χ4v) is 3.60. The van der Waals surface area contributed by atoms with E-state index in [4.69, 9.17) is 16.7 Å². The zero-order chi connectivity index (χ0) is 18.7. The molecule has 0 saturated heterocycles. The summed E-state index contributed by atoms with van der Waals surface area (Å²) in [5.74, 6) is 0.0157. The number of hydrogen-bond acceptors (Lipinski definition) is 3. The minimum Gasteiger partial charge on any atom is -0.353 e. The van der Waals surface area contributed by atoms with Crippen molar-refractivity contribution in [3.8, 4) is 0 Å². The summed E-state index contributed by atoms with van der Waals surface area (Å²) < 4.78 is 2.05. The molecule has 0 radical (unpaired) electrons. The van der Waals surface area contributed by atoms with Gasteiger partial charge in [-0.2, -0.15) is 5.10 Å². The molecule has 6 heteroatoms.